The Morgan fingerprint density at radius 2 is 1.90 bits per heavy atom. The molecule has 1 aromatic heterocycles. The number of hydrogen-bond donors (Lipinski definition) is 2. The summed E-state index contributed by atoms with van der Waals surface area (Å²) in [5.41, 5.74) is 1.95. The minimum absolute atomic E-state index is 0.0397. The molecule has 2 aromatic carbocycles. The van der Waals surface area contributed by atoms with Gasteiger partial charge in [0.05, 0.1) is 0 Å². The Labute approximate surface area is 122 Å². The van der Waals surface area contributed by atoms with Crippen LogP contribution < -0.4 is 5.32 Å². The molecule has 3 rings (SSSR count). The van der Waals surface area contributed by atoms with Crippen molar-refractivity contribution in [3.63, 3.8) is 0 Å². The van der Waals surface area contributed by atoms with Crippen molar-refractivity contribution in [3.05, 3.63) is 72.1 Å². The van der Waals surface area contributed by atoms with Crippen LogP contribution in [-0.2, 0) is 6.54 Å². The normalized spacial score (nSPS) is 10.5. The van der Waals surface area contributed by atoms with Crippen LogP contribution in [0.2, 0.25) is 0 Å². The van der Waals surface area contributed by atoms with E-state index in [9.17, 15) is 4.79 Å². The minimum Gasteiger partial charge on any atom is -0.477 e. The molecular formula is C17H14N2O2. The summed E-state index contributed by atoms with van der Waals surface area (Å²) < 4.78 is 0. The molecule has 104 valence electrons. The molecule has 1 heterocycles. The largest absolute Gasteiger partial charge is 0.477 e. The van der Waals surface area contributed by atoms with Gasteiger partial charge in [-0.1, -0.05) is 42.5 Å². The highest BCUT2D eigenvalue weighted by Crippen LogP contribution is 2.19. The third-order valence-electron chi connectivity index (χ3n) is 3.34. The average molecular weight is 278 g/mol. The second-order valence-electron chi connectivity index (χ2n) is 4.73. The maximum atomic E-state index is 10.9. The second-order valence-corrected chi connectivity index (χ2v) is 4.73. The van der Waals surface area contributed by atoms with Gasteiger partial charge in [-0.3, -0.25) is 0 Å². The van der Waals surface area contributed by atoms with E-state index in [0.717, 1.165) is 5.69 Å². The van der Waals surface area contributed by atoms with Gasteiger partial charge in [0.2, 0.25) is 0 Å². The van der Waals surface area contributed by atoms with Gasteiger partial charge in [-0.05, 0) is 28.5 Å². The van der Waals surface area contributed by atoms with Crippen LogP contribution in [0, 0.1) is 0 Å². The lowest BCUT2D eigenvalue weighted by Gasteiger charge is -2.09. The molecule has 0 atom stereocenters. The number of carboxylic acids is 1. The zero-order valence-electron chi connectivity index (χ0n) is 11.3. The van der Waals surface area contributed by atoms with Crippen molar-refractivity contribution >= 4 is 22.4 Å². The molecule has 0 bridgehead atoms. The van der Waals surface area contributed by atoms with Gasteiger partial charge in [0, 0.05) is 18.4 Å². The summed E-state index contributed by atoms with van der Waals surface area (Å²) in [5.74, 6) is -1.02. The fourth-order valence-electron chi connectivity index (χ4n) is 2.30. The molecular weight excluding hydrogens is 264 g/mol. The smallest absolute Gasteiger partial charge is 0.354 e. The molecule has 0 spiro atoms. The van der Waals surface area contributed by atoms with Crippen LogP contribution in [0.3, 0.4) is 0 Å². The van der Waals surface area contributed by atoms with E-state index < -0.39 is 5.97 Å². The Balaban J connectivity index is 1.84. The number of aromatic nitrogens is 1. The SMILES string of the molecule is O=C(O)c1cc(NCc2cccc3ccccc23)ccn1. The average Bonchev–Trinajstić information content (AvgIpc) is 2.53. The molecule has 0 saturated carbocycles. The maximum absolute atomic E-state index is 10.9. The molecule has 0 unspecified atom stereocenters. The van der Waals surface area contributed by atoms with Crippen LogP contribution in [0.1, 0.15) is 16.1 Å². The number of nitrogens with one attached hydrogen (secondary N) is 1. The van der Waals surface area contributed by atoms with E-state index in [0.29, 0.717) is 6.54 Å². The zero-order valence-corrected chi connectivity index (χ0v) is 11.3. The third-order valence-corrected chi connectivity index (χ3v) is 3.34. The van der Waals surface area contributed by atoms with E-state index in [4.69, 9.17) is 5.11 Å². The van der Waals surface area contributed by atoms with Crippen LogP contribution in [0.15, 0.2) is 60.8 Å². The first-order valence-electron chi connectivity index (χ1n) is 6.64. The lowest BCUT2D eigenvalue weighted by Crippen LogP contribution is -2.04. The predicted octanol–water partition coefficient (Wildman–Crippen LogP) is 3.55. The van der Waals surface area contributed by atoms with Crippen LogP contribution >= 0.6 is 0 Å². The molecule has 2 N–H and O–H groups in total. The first-order chi connectivity index (χ1) is 10.2. The molecule has 21 heavy (non-hydrogen) atoms. The Bertz CT molecular complexity index is 794. The van der Waals surface area contributed by atoms with Gasteiger partial charge in [0.15, 0.2) is 0 Å². The Morgan fingerprint density at radius 3 is 2.76 bits per heavy atom. The molecule has 0 saturated heterocycles. The van der Waals surface area contributed by atoms with Gasteiger partial charge in [0.1, 0.15) is 5.69 Å². The molecule has 0 fully saturated rings. The Kier molecular flexibility index (Phi) is 3.51. The summed E-state index contributed by atoms with van der Waals surface area (Å²) in [5, 5.41) is 14.6. The van der Waals surface area contributed by atoms with Crippen LogP contribution in [-0.4, -0.2) is 16.1 Å². The van der Waals surface area contributed by atoms with E-state index >= 15 is 0 Å². The molecule has 0 aliphatic carbocycles. The van der Waals surface area contributed by atoms with E-state index in [2.05, 4.69) is 34.6 Å². The molecule has 4 nitrogen and oxygen atoms in total. The maximum Gasteiger partial charge on any atom is 0.354 e. The lowest BCUT2D eigenvalue weighted by molar-refractivity contribution is 0.0690. The topological polar surface area (TPSA) is 62.2 Å². The highest BCUT2D eigenvalue weighted by Gasteiger charge is 2.05. The minimum atomic E-state index is -1.02. The van der Waals surface area contributed by atoms with E-state index in [1.807, 2.05) is 18.2 Å². The number of pyridine rings is 1. The number of carbonyl (C=O) groups is 1. The van der Waals surface area contributed by atoms with E-state index in [-0.39, 0.29) is 5.69 Å². The molecule has 3 aromatic rings. The molecule has 4 heteroatoms. The Morgan fingerprint density at radius 1 is 1.10 bits per heavy atom. The predicted molar refractivity (Wildman–Crippen MR) is 82.5 cm³/mol. The summed E-state index contributed by atoms with van der Waals surface area (Å²) >= 11 is 0. The number of anilines is 1. The standard InChI is InChI=1S/C17H14N2O2/c20-17(21)16-10-14(8-9-18-16)19-11-13-6-3-5-12-4-1-2-7-15(12)13/h1-10H,11H2,(H,18,19)(H,20,21). The number of benzene rings is 2. The van der Waals surface area contributed by atoms with E-state index in [1.165, 1.54) is 28.6 Å². The van der Waals surface area contributed by atoms with E-state index in [1.54, 1.807) is 6.07 Å². The number of nitrogens with zero attached hydrogens (tertiary/aromatic N) is 1. The van der Waals surface area contributed by atoms with Gasteiger partial charge < -0.3 is 10.4 Å². The number of rotatable bonds is 4. The van der Waals surface area contributed by atoms with Crippen molar-refractivity contribution in [2.45, 2.75) is 6.54 Å². The fourth-order valence-corrected chi connectivity index (χ4v) is 2.30. The van der Waals surface area contributed by atoms with Crippen molar-refractivity contribution < 1.29 is 9.90 Å². The Hall–Kier alpha value is -2.88. The lowest BCUT2D eigenvalue weighted by atomic mass is 10.0. The molecule has 0 aliphatic heterocycles. The molecule has 0 aliphatic rings. The number of carboxylic acid groups (broad SMARTS) is 1. The van der Waals surface area contributed by atoms with Gasteiger partial charge in [-0.25, -0.2) is 9.78 Å². The van der Waals surface area contributed by atoms with Gasteiger partial charge >= 0.3 is 5.97 Å². The van der Waals surface area contributed by atoms with Gasteiger partial charge in [-0.2, -0.15) is 0 Å². The number of hydrogen-bond acceptors (Lipinski definition) is 3. The quantitative estimate of drug-likeness (QED) is 0.766. The van der Waals surface area contributed by atoms with Crippen molar-refractivity contribution in [2.24, 2.45) is 0 Å². The van der Waals surface area contributed by atoms with Gasteiger partial charge in [0.25, 0.3) is 0 Å². The number of fused-ring (bicyclic) bond motifs is 1. The summed E-state index contributed by atoms with van der Waals surface area (Å²) in [6.45, 7) is 0.629. The summed E-state index contributed by atoms with van der Waals surface area (Å²) in [6.07, 6.45) is 1.49. The van der Waals surface area contributed by atoms with Crippen LogP contribution in [0.4, 0.5) is 5.69 Å². The first-order valence-corrected chi connectivity index (χ1v) is 6.64. The summed E-state index contributed by atoms with van der Waals surface area (Å²) in [6, 6.07) is 17.7. The van der Waals surface area contributed by atoms with Gasteiger partial charge in [-0.15, -0.1) is 0 Å². The first kappa shape index (κ1) is 13.1. The highest BCUT2D eigenvalue weighted by molar-refractivity contribution is 5.87. The molecule has 0 amide bonds. The van der Waals surface area contributed by atoms with Crippen molar-refractivity contribution in [3.8, 4) is 0 Å². The summed E-state index contributed by atoms with van der Waals surface area (Å²) in [4.78, 5) is 14.7. The van der Waals surface area contributed by atoms with Crippen LogP contribution in [0.25, 0.3) is 10.8 Å². The monoisotopic (exact) mass is 278 g/mol. The van der Waals surface area contributed by atoms with Crippen molar-refractivity contribution in [1.29, 1.82) is 0 Å². The van der Waals surface area contributed by atoms with Crippen molar-refractivity contribution in [2.75, 3.05) is 5.32 Å². The van der Waals surface area contributed by atoms with Crippen LogP contribution in [0.5, 0.6) is 0 Å². The van der Waals surface area contributed by atoms with Crippen molar-refractivity contribution in [1.82, 2.24) is 4.98 Å². The zero-order chi connectivity index (χ0) is 14.7. The fraction of sp³-hybridized carbons (Fsp3) is 0.0588. The third kappa shape index (κ3) is 2.84. The summed E-state index contributed by atoms with van der Waals surface area (Å²) in [7, 11) is 0. The molecule has 0 radical (unpaired) electrons. The second kappa shape index (κ2) is 5.63. The number of aromatic carboxylic acids is 1. The highest BCUT2D eigenvalue weighted by atomic mass is 16.4.